The Kier molecular flexibility index (Phi) is 4.11. The van der Waals surface area contributed by atoms with Crippen LogP contribution in [-0.2, 0) is 0 Å². The van der Waals surface area contributed by atoms with Crippen LogP contribution in [0.3, 0.4) is 0 Å². The number of anilines is 1. The van der Waals surface area contributed by atoms with Crippen LogP contribution in [0.1, 0.15) is 23.3 Å². The maximum absolute atomic E-state index is 12.2. The van der Waals surface area contributed by atoms with E-state index in [1.54, 1.807) is 23.1 Å². The van der Waals surface area contributed by atoms with Crippen LogP contribution in [0.4, 0.5) is 5.82 Å². The summed E-state index contributed by atoms with van der Waals surface area (Å²) in [7, 11) is 0. The monoisotopic (exact) mass is 250 g/mol. The van der Waals surface area contributed by atoms with E-state index in [0.29, 0.717) is 18.1 Å². The van der Waals surface area contributed by atoms with Gasteiger partial charge in [0.15, 0.2) is 0 Å². The predicted molar refractivity (Wildman–Crippen MR) is 67.8 cm³/mol. The van der Waals surface area contributed by atoms with E-state index in [1.165, 1.54) is 0 Å². The lowest BCUT2D eigenvalue weighted by Crippen LogP contribution is -2.41. The number of hydrogen-bond donors (Lipinski definition) is 3. The van der Waals surface area contributed by atoms with Gasteiger partial charge in [-0.15, -0.1) is 0 Å². The molecule has 0 aromatic carbocycles. The molecule has 18 heavy (non-hydrogen) atoms. The average molecular weight is 250 g/mol. The zero-order chi connectivity index (χ0) is 13.0. The lowest BCUT2D eigenvalue weighted by atomic mass is 9.99. The Morgan fingerprint density at radius 1 is 1.61 bits per heavy atom. The normalized spacial score (nSPS) is 19.7. The van der Waals surface area contributed by atoms with Crippen LogP contribution in [0, 0.1) is 5.92 Å². The van der Waals surface area contributed by atoms with Crippen molar-refractivity contribution in [3.8, 4) is 0 Å². The summed E-state index contributed by atoms with van der Waals surface area (Å²) in [4.78, 5) is 18.1. The van der Waals surface area contributed by atoms with E-state index in [9.17, 15) is 4.79 Å². The number of hydrogen-bond acceptors (Lipinski definition) is 5. The van der Waals surface area contributed by atoms with Gasteiger partial charge in [0.2, 0.25) is 0 Å². The molecule has 1 amide bonds. The lowest BCUT2D eigenvalue weighted by molar-refractivity contribution is 0.0615. The van der Waals surface area contributed by atoms with Gasteiger partial charge in [0.05, 0.1) is 0 Å². The molecule has 6 heteroatoms. The first-order valence-corrected chi connectivity index (χ1v) is 6.08. The summed E-state index contributed by atoms with van der Waals surface area (Å²) in [6.45, 7) is 1.44. The molecular formula is C12H18N4O2. The number of aliphatic hydroxyl groups excluding tert-OH is 1. The van der Waals surface area contributed by atoms with Crippen molar-refractivity contribution in [1.29, 1.82) is 0 Å². The smallest absolute Gasteiger partial charge is 0.272 e. The molecule has 1 aromatic heterocycles. The number of nitrogens with zero attached hydrogens (tertiary/aromatic N) is 2. The number of piperidine rings is 1. The standard InChI is InChI=1S/C12H18N4O2/c13-15-11-5-1-4-10(14-11)12(18)16-6-2-3-9(7-16)8-17/h1,4-5,9,17H,2-3,6-8,13H2,(H,14,15). The molecule has 1 aliphatic heterocycles. The van der Waals surface area contributed by atoms with Crippen LogP contribution in [0.2, 0.25) is 0 Å². The van der Waals surface area contributed by atoms with Crippen molar-refractivity contribution < 1.29 is 9.90 Å². The highest BCUT2D eigenvalue weighted by Crippen LogP contribution is 2.18. The average Bonchev–Trinajstić information content (AvgIpc) is 2.46. The largest absolute Gasteiger partial charge is 0.396 e. The van der Waals surface area contributed by atoms with E-state index in [4.69, 9.17) is 10.9 Å². The summed E-state index contributed by atoms with van der Waals surface area (Å²) in [6.07, 6.45) is 1.89. The number of carbonyl (C=O) groups excluding carboxylic acids is 1. The summed E-state index contributed by atoms with van der Waals surface area (Å²) in [6, 6.07) is 5.11. The third kappa shape index (κ3) is 2.77. The quantitative estimate of drug-likeness (QED) is 0.527. The molecular weight excluding hydrogens is 232 g/mol. The van der Waals surface area contributed by atoms with Gasteiger partial charge in [-0.1, -0.05) is 6.07 Å². The number of aliphatic hydroxyl groups is 1. The van der Waals surface area contributed by atoms with Gasteiger partial charge in [-0.2, -0.15) is 0 Å². The third-order valence-corrected chi connectivity index (χ3v) is 3.18. The number of rotatable bonds is 3. The highest BCUT2D eigenvalue weighted by Gasteiger charge is 2.24. The summed E-state index contributed by atoms with van der Waals surface area (Å²) in [5, 5.41) is 9.16. The Morgan fingerprint density at radius 3 is 3.17 bits per heavy atom. The summed E-state index contributed by atoms with van der Waals surface area (Å²) in [5.74, 6) is 5.81. The fourth-order valence-electron chi connectivity index (χ4n) is 2.19. The SMILES string of the molecule is NNc1cccc(C(=O)N2CCCC(CO)C2)n1. The number of nitrogens with two attached hydrogens (primary N) is 1. The molecule has 1 aliphatic rings. The van der Waals surface area contributed by atoms with E-state index in [-0.39, 0.29) is 18.4 Å². The number of nitrogen functional groups attached to an aromatic ring is 1. The number of carbonyl (C=O) groups is 1. The first-order valence-electron chi connectivity index (χ1n) is 6.08. The van der Waals surface area contributed by atoms with E-state index < -0.39 is 0 Å². The Morgan fingerprint density at radius 2 is 2.44 bits per heavy atom. The highest BCUT2D eigenvalue weighted by molar-refractivity contribution is 5.92. The van der Waals surface area contributed by atoms with E-state index in [2.05, 4.69) is 10.4 Å². The van der Waals surface area contributed by atoms with E-state index in [0.717, 1.165) is 19.4 Å². The maximum atomic E-state index is 12.2. The van der Waals surface area contributed by atoms with Crippen LogP contribution in [0.15, 0.2) is 18.2 Å². The molecule has 1 atom stereocenters. The Balaban J connectivity index is 2.10. The zero-order valence-corrected chi connectivity index (χ0v) is 10.2. The molecule has 98 valence electrons. The number of nitrogens with one attached hydrogen (secondary N) is 1. The van der Waals surface area contributed by atoms with Crippen LogP contribution < -0.4 is 11.3 Å². The molecule has 0 radical (unpaired) electrons. The third-order valence-electron chi connectivity index (χ3n) is 3.18. The molecule has 2 rings (SSSR count). The molecule has 1 unspecified atom stereocenters. The van der Waals surface area contributed by atoms with Gasteiger partial charge < -0.3 is 15.4 Å². The number of pyridine rings is 1. The first kappa shape index (κ1) is 12.8. The van der Waals surface area contributed by atoms with E-state index >= 15 is 0 Å². The van der Waals surface area contributed by atoms with Gasteiger partial charge in [0.25, 0.3) is 5.91 Å². The maximum Gasteiger partial charge on any atom is 0.272 e. The van der Waals surface area contributed by atoms with Crippen LogP contribution in [0.5, 0.6) is 0 Å². The molecule has 1 saturated heterocycles. The van der Waals surface area contributed by atoms with Gasteiger partial charge in [-0.05, 0) is 30.9 Å². The van der Waals surface area contributed by atoms with Crippen molar-refractivity contribution in [3.05, 3.63) is 23.9 Å². The second-order valence-corrected chi connectivity index (χ2v) is 4.49. The van der Waals surface area contributed by atoms with Crippen molar-refractivity contribution in [3.63, 3.8) is 0 Å². The van der Waals surface area contributed by atoms with Crippen molar-refractivity contribution >= 4 is 11.7 Å². The van der Waals surface area contributed by atoms with E-state index in [1.807, 2.05) is 0 Å². The van der Waals surface area contributed by atoms with Crippen molar-refractivity contribution in [2.75, 3.05) is 25.1 Å². The minimum atomic E-state index is -0.106. The highest BCUT2D eigenvalue weighted by atomic mass is 16.3. The Labute approximate surface area is 106 Å². The second kappa shape index (κ2) is 5.79. The second-order valence-electron chi connectivity index (χ2n) is 4.49. The van der Waals surface area contributed by atoms with Gasteiger partial charge >= 0.3 is 0 Å². The van der Waals surface area contributed by atoms with Gasteiger partial charge in [-0.3, -0.25) is 4.79 Å². The Hall–Kier alpha value is -1.66. The predicted octanol–water partition coefficient (Wildman–Crippen LogP) is 0.212. The topological polar surface area (TPSA) is 91.5 Å². The molecule has 0 aliphatic carbocycles. The molecule has 0 bridgehead atoms. The first-order chi connectivity index (χ1) is 8.74. The molecule has 2 heterocycles. The minimum absolute atomic E-state index is 0.106. The summed E-state index contributed by atoms with van der Waals surface area (Å²) < 4.78 is 0. The van der Waals surface area contributed by atoms with Crippen molar-refractivity contribution in [2.24, 2.45) is 11.8 Å². The van der Waals surface area contributed by atoms with Gasteiger partial charge in [0, 0.05) is 19.7 Å². The number of likely N-dealkylation sites (tertiary alicyclic amines) is 1. The number of aromatic nitrogens is 1. The molecule has 0 spiro atoms. The van der Waals surface area contributed by atoms with Crippen LogP contribution in [0.25, 0.3) is 0 Å². The minimum Gasteiger partial charge on any atom is -0.396 e. The van der Waals surface area contributed by atoms with Crippen LogP contribution >= 0.6 is 0 Å². The summed E-state index contributed by atoms with van der Waals surface area (Å²) >= 11 is 0. The fourth-order valence-corrected chi connectivity index (χ4v) is 2.19. The molecule has 6 nitrogen and oxygen atoms in total. The number of hydrazine groups is 1. The van der Waals surface area contributed by atoms with Crippen LogP contribution in [-0.4, -0.2) is 40.6 Å². The summed E-state index contributed by atoms with van der Waals surface area (Å²) in [5.41, 5.74) is 2.80. The molecule has 4 N–H and O–H groups in total. The number of amides is 1. The van der Waals surface area contributed by atoms with Crippen molar-refractivity contribution in [2.45, 2.75) is 12.8 Å². The Bertz CT molecular complexity index is 424. The lowest BCUT2D eigenvalue weighted by Gasteiger charge is -2.31. The molecule has 1 fully saturated rings. The van der Waals surface area contributed by atoms with Crippen molar-refractivity contribution in [1.82, 2.24) is 9.88 Å². The fraction of sp³-hybridized carbons (Fsp3) is 0.500. The van der Waals surface area contributed by atoms with Gasteiger partial charge in [0.1, 0.15) is 11.5 Å². The van der Waals surface area contributed by atoms with Gasteiger partial charge in [-0.25, -0.2) is 10.8 Å². The molecule has 0 saturated carbocycles. The molecule has 1 aromatic rings. The zero-order valence-electron chi connectivity index (χ0n) is 10.2.